The quantitative estimate of drug-likeness (QED) is 0.923. The number of rotatable bonds is 3. The Morgan fingerprint density at radius 1 is 1.19 bits per heavy atom. The number of aliphatic hydroxyl groups is 1. The molecule has 4 saturated carbocycles. The van der Waals surface area contributed by atoms with Gasteiger partial charge in [-0.1, -0.05) is 19.0 Å². The SMILES string of the molecule is CC(O)c1noc(CC23CC4CC(C)(CC(C)(C4)C2)C3)n1. The standard InChI is InChI=1S/C17H26N2O2/c1-11(20)14-18-13(21-19-14)7-17-6-12-4-15(2,9-17)8-16(3,5-12)10-17/h11-12,20H,4-10H2,1-3H3. The molecule has 21 heavy (non-hydrogen) atoms. The Bertz CT molecular complexity index is 547. The van der Waals surface area contributed by atoms with Crippen LogP contribution in [0.1, 0.15) is 77.1 Å². The number of hydrogen-bond donors (Lipinski definition) is 1. The molecule has 0 aromatic carbocycles. The summed E-state index contributed by atoms with van der Waals surface area (Å²) >= 11 is 0. The summed E-state index contributed by atoms with van der Waals surface area (Å²) in [6.07, 6.45) is 8.39. The van der Waals surface area contributed by atoms with E-state index in [-0.39, 0.29) is 0 Å². The first kappa shape index (κ1) is 13.7. The fourth-order valence-corrected chi connectivity index (χ4v) is 6.71. The Kier molecular flexibility index (Phi) is 2.68. The molecule has 4 nitrogen and oxygen atoms in total. The minimum Gasteiger partial charge on any atom is -0.385 e. The van der Waals surface area contributed by atoms with Crippen molar-refractivity contribution in [3.8, 4) is 0 Å². The highest BCUT2D eigenvalue weighted by atomic mass is 16.5. The smallest absolute Gasteiger partial charge is 0.227 e. The van der Waals surface area contributed by atoms with Crippen LogP contribution in [0.5, 0.6) is 0 Å². The van der Waals surface area contributed by atoms with Crippen molar-refractivity contribution in [2.75, 3.05) is 0 Å². The molecule has 0 saturated heterocycles. The normalized spacial score (nSPS) is 46.0. The van der Waals surface area contributed by atoms with Gasteiger partial charge >= 0.3 is 0 Å². The highest BCUT2D eigenvalue weighted by Gasteiger charge is 2.60. The maximum Gasteiger partial charge on any atom is 0.227 e. The van der Waals surface area contributed by atoms with Gasteiger partial charge in [0.2, 0.25) is 5.89 Å². The minimum absolute atomic E-state index is 0.353. The van der Waals surface area contributed by atoms with E-state index in [0.29, 0.717) is 22.1 Å². The summed E-state index contributed by atoms with van der Waals surface area (Å²) in [5.74, 6) is 2.03. The Balaban J connectivity index is 1.62. The first-order valence-corrected chi connectivity index (χ1v) is 8.30. The van der Waals surface area contributed by atoms with Gasteiger partial charge in [-0.2, -0.15) is 4.98 Å². The lowest BCUT2D eigenvalue weighted by Crippen LogP contribution is -2.55. The monoisotopic (exact) mass is 290 g/mol. The van der Waals surface area contributed by atoms with Gasteiger partial charge in [-0.25, -0.2) is 0 Å². The van der Waals surface area contributed by atoms with Crippen LogP contribution < -0.4 is 0 Å². The molecule has 4 fully saturated rings. The molecule has 3 atom stereocenters. The molecule has 4 aliphatic rings. The molecule has 1 aromatic rings. The van der Waals surface area contributed by atoms with Crippen molar-refractivity contribution in [3.63, 3.8) is 0 Å². The predicted octanol–water partition coefficient (Wildman–Crippen LogP) is 3.66. The Hall–Kier alpha value is -0.900. The molecule has 0 aliphatic heterocycles. The van der Waals surface area contributed by atoms with Gasteiger partial charge in [0.25, 0.3) is 0 Å². The molecule has 4 heteroatoms. The van der Waals surface area contributed by atoms with Crippen LogP contribution in [0.25, 0.3) is 0 Å². The zero-order valence-electron chi connectivity index (χ0n) is 13.4. The van der Waals surface area contributed by atoms with Crippen LogP contribution >= 0.6 is 0 Å². The summed E-state index contributed by atoms with van der Waals surface area (Å²) in [4.78, 5) is 4.40. The van der Waals surface area contributed by atoms with Gasteiger partial charge in [-0.05, 0) is 67.6 Å². The highest BCUT2D eigenvalue weighted by molar-refractivity contribution is 5.12. The third-order valence-corrected chi connectivity index (χ3v) is 6.13. The fourth-order valence-electron chi connectivity index (χ4n) is 6.71. The maximum absolute atomic E-state index is 9.56. The second-order valence-corrected chi connectivity index (χ2v) is 9.03. The average molecular weight is 290 g/mol. The van der Waals surface area contributed by atoms with Gasteiger partial charge in [-0.3, -0.25) is 0 Å². The van der Waals surface area contributed by atoms with E-state index in [1.807, 2.05) is 0 Å². The van der Waals surface area contributed by atoms with Crippen molar-refractivity contribution in [1.82, 2.24) is 10.1 Å². The summed E-state index contributed by atoms with van der Waals surface area (Å²) in [5.41, 5.74) is 1.38. The first-order valence-electron chi connectivity index (χ1n) is 8.30. The minimum atomic E-state index is -0.645. The molecule has 1 aromatic heterocycles. The fraction of sp³-hybridized carbons (Fsp3) is 0.882. The summed E-state index contributed by atoms with van der Waals surface area (Å²) in [6.45, 7) is 6.65. The van der Waals surface area contributed by atoms with Crippen LogP contribution in [0.3, 0.4) is 0 Å². The molecule has 0 spiro atoms. The van der Waals surface area contributed by atoms with Crippen LogP contribution in [-0.4, -0.2) is 15.2 Å². The molecule has 0 amide bonds. The van der Waals surface area contributed by atoms with Crippen LogP contribution in [0.4, 0.5) is 0 Å². The molecular formula is C17H26N2O2. The van der Waals surface area contributed by atoms with E-state index in [4.69, 9.17) is 4.52 Å². The van der Waals surface area contributed by atoms with Crippen molar-refractivity contribution in [2.45, 2.75) is 71.8 Å². The van der Waals surface area contributed by atoms with E-state index in [1.54, 1.807) is 6.92 Å². The van der Waals surface area contributed by atoms with Crippen molar-refractivity contribution in [1.29, 1.82) is 0 Å². The summed E-state index contributed by atoms with van der Waals surface area (Å²) in [6, 6.07) is 0. The van der Waals surface area contributed by atoms with Crippen LogP contribution in [0.2, 0.25) is 0 Å². The molecule has 4 aliphatic carbocycles. The van der Waals surface area contributed by atoms with E-state index in [1.165, 1.54) is 38.5 Å². The van der Waals surface area contributed by atoms with Crippen LogP contribution in [0, 0.1) is 22.2 Å². The number of nitrogens with zero attached hydrogens (tertiary/aromatic N) is 2. The highest BCUT2D eigenvalue weighted by Crippen LogP contribution is 2.70. The van der Waals surface area contributed by atoms with E-state index < -0.39 is 6.10 Å². The first-order chi connectivity index (χ1) is 9.79. The van der Waals surface area contributed by atoms with E-state index >= 15 is 0 Å². The number of aromatic nitrogens is 2. The van der Waals surface area contributed by atoms with Gasteiger partial charge in [0, 0.05) is 6.42 Å². The lowest BCUT2D eigenvalue weighted by atomic mass is 9.40. The third kappa shape index (κ3) is 2.23. The number of aliphatic hydroxyl groups excluding tert-OH is 1. The lowest BCUT2D eigenvalue weighted by molar-refractivity contribution is -0.146. The van der Waals surface area contributed by atoms with Gasteiger partial charge in [0.05, 0.1) is 0 Å². The van der Waals surface area contributed by atoms with Crippen molar-refractivity contribution in [2.24, 2.45) is 22.2 Å². The largest absolute Gasteiger partial charge is 0.385 e. The Labute approximate surface area is 126 Å². The van der Waals surface area contributed by atoms with Gasteiger partial charge < -0.3 is 9.63 Å². The zero-order chi connectivity index (χ0) is 14.9. The van der Waals surface area contributed by atoms with Crippen molar-refractivity contribution < 1.29 is 9.63 Å². The molecule has 1 N–H and O–H groups in total. The van der Waals surface area contributed by atoms with Gasteiger partial charge in [0.15, 0.2) is 5.82 Å². The van der Waals surface area contributed by atoms with E-state index in [0.717, 1.165) is 18.2 Å². The zero-order valence-corrected chi connectivity index (χ0v) is 13.4. The molecule has 5 rings (SSSR count). The van der Waals surface area contributed by atoms with E-state index in [2.05, 4.69) is 24.0 Å². The second kappa shape index (κ2) is 4.09. The van der Waals surface area contributed by atoms with Crippen LogP contribution in [-0.2, 0) is 6.42 Å². The molecular weight excluding hydrogens is 264 g/mol. The Morgan fingerprint density at radius 3 is 2.38 bits per heavy atom. The molecule has 0 radical (unpaired) electrons. The average Bonchev–Trinajstić information content (AvgIpc) is 2.71. The topological polar surface area (TPSA) is 59.2 Å². The Morgan fingerprint density at radius 2 is 1.86 bits per heavy atom. The lowest BCUT2D eigenvalue weighted by Gasteiger charge is -2.65. The third-order valence-electron chi connectivity index (χ3n) is 6.13. The van der Waals surface area contributed by atoms with Gasteiger partial charge in [0.1, 0.15) is 6.10 Å². The molecule has 1 heterocycles. The maximum atomic E-state index is 9.56. The summed E-state index contributed by atoms with van der Waals surface area (Å²) in [7, 11) is 0. The number of hydrogen-bond acceptors (Lipinski definition) is 4. The molecule has 116 valence electrons. The van der Waals surface area contributed by atoms with Crippen molar-refractivity contribution in [3.05, 3.63) is 11.7 Å². The predicted molar refractivity (Wildman–Crippen MR) is 78.5 cm³/mol. The second-order valence-electron chi connectivity index (χ2n) is 9.03. The summed E-state index contributed by atoms with van der Waals surface area (Å²) in [5, 5.41) is 13.5. The molecule has 4 bridgehead atoms. The van der Waals surface area contributed by atoms with Crippen LogP contribution in [0.15, 0.2) is 4.52 Å². The van der Waals surface area contributed by atoms with Gasteiger partial charge in [-0.15, -0.1) is 0 Å². The van der Waals surface area contributed by atoms with E-state index in [9.17, 15) is 5.11 Å². The molecule has 3 unspecified atom stereocenters. The van der Waals surface area contributed by atoms with Crippen molar-refractivity contribution >= 4 is 0 Å². The summed E-state index contributed by atoms with van der Waals surface area (Å²) < 4.78 is 5.41.